The Labute approximate surface area is 281 Å². The number of likely N-dealkylation sites (tertiary alicyclic amines) is 1. The van der Waals surface area contributed by atoms with Gasteiger partial charge in [0, 0.05) is 48.9 Å². The molecule has 48 heavy (non-hydrogen) atoms. The molecule has 0 aliphatic carbocycles. The van der Waals surface area contributed by atoms with E-state index in [1.54, 1.807) is 19.9 Å². The molecule has 4 unspecified atom stereocenters. The van der Waals surface area contributed by atoms with Gasteiger partial charge in [0.15, 0.2) is 0 Å². The van der Waals surface area contributed by atoms with E-state index in [1.807, 2.05) is 0 Å². The fourth-order valence-electron chi connectivity index (χ4n) is 8.10. The van der Waals surface area contributed by atoms with E-state index < -0.39 is 40.2 Å². The molecule has 254 valence electrons. The average molecular weight is 656 g/mol. The molecule has 1 fully saturated rings. The first kappa shape index (κ1) is 34.9. The first-order chi connectivity index (χ1) is 23.1. The maximum atomic E-state index is 13.1. The Hall–Kier alpha value is -4.41. The summed E-state index contributed by atoms with van der Waals surface area (Å²) in [6, 6.07) is 26.4. The third-order valence-electron chi connectivity index (χ3n) is 10.6. The molecule has 4 atom stereocenters. The normalized spacial score (nSPS) is 24.0. The summed E-state index contributed by atoms with van der Waals surface area (Å²) in [5, 5.41) is 32.4. The van der Waals surface area contributed by atoms with Crippen LogP contribution in [0, 0.1) is 21.4 Å². The number of ether oxygens (including phenoxy) is 1. The summed E-state index contributed by atoms with van der Waals surface area (Å²) in [7, 11) is 0. The van der Waals surface area contributed by atoms with Crippen LogP contribution in [0.1, 0.15) is 68.6 Å². The van der Waals surface area contributed by atoms with E-state index in [0.29, 0.717) is 30.9 Å². The Morgan fingerprint density at radius 2 is 1.54 bits per heavy atom. The van der Waals surface area contributed by atoms with Crippen molar-refractivity contribution in [2.45, 2.75) is 63.3 Å². The molecular weight excluding hydrogens is 610 g/mol. The van der Waals surface area contributed by atoms with Crippen molar-refractivity contribution >= 4 is 23.3 Å². The lowest BCUT2D eigenvalue weighted by atomic mass is 9.58. The van der Waals surface area contributed by atoms with E-state index in [2.05, 4.69) is 70.6 Å². The summed E-state index contributed by atoms with van der Waals surface area (Å²) < 4.78 is 5.98. The molecule has 3 aromatic rings. The SMILES string of the molecule is CC1=NC(C)C(CCCOCCCN2CCC(c3ccccc3)(c3ccccc3)CC2)(C(=O)O)C(c2cccc([N+](=O)[O-])c2)C1C(=O)O. The second kappa shape index (κ2) is 15.2. The third-order valence-corrected chi connectivity index (χ3v) is 10.6. The van der Waals surface area contributed by atoms with Crippen LogP contribution in [-0.2, 0) is 19.7 Å². The minimum atomic E-state index is -1.58. The van der Waals surface area contributed by atoms with Crippen molar-refractivity contribution in [3.05, 3.63) is 112 Å². The molecule has 0 bridgehead atoms. The van der Waals surface area contributed by atoms with Crippen molar-refractivity contribution in [3.63, 3.8) is 0 Å². The predicted molar refractivity (Wildman–Crippen MR) is 184 cm³/mol. The molecule has 0 aromatic heterocycles. The monoisotopic (exact) mass is 655 g/mol. The van der Waals surface area contributed by atoms with Crippen molar-refractivity contribution in [2.75, 3.05) is 32.8 Å². The fourth-order valence-corrected chi connectivity index (χ4v) is 8.10. The van der Waals surface area contributed by atoms with Crippen LogP contribution >= 0.6 is 0 Å². The molecule has 2 aliphatic rings. The maximum Gasteiger partial charge on any atom is 0.312 e. The van der Waals surface area contributed by atoms with Gasteiger partial charge < -0.3 is 19.8 Å². The quantitative estimate of drug-likeness (QED) is 0.113. The summed E-state index contributed by atoms with van der Waals surface area (Å²) in [6.45, 7) is 6.97. The molecule has 10 heteroatoms. The number of piperidine rings is 1. The molecule has 2 aliphatic heterocycles. The van der Waals surface area contributed by atoms with E-state index >= 15 is 0 Å². The van der Waals surface area contributed by atoms with Gasteiger partial charge in [0.25, 0.3) is 5.69 Å². The number of carbonyl (C=O) groups is 2. The second-order valence-electron chi connectivity index (χ2n) is 13.2. The highest BCUT2D eigenvalue weighted by atomic mass is 16.6. The zero-order valence-corrected chi connectivity index (χ0v) is 27.7. The van der Waals surface area contributed by atoms with Gasteiger partial charge >= 0.3 is 11.9 Å². The third kappa shape index (κ3) is 7.05. The number of aliphatic imine (C=N–C) groups is 1. The minimum Gasteiger partial charge on any atom is -0.481 e. The van der Waals surface area contributed by atoms with Gasteiger partial charge in [-0.15, -0.1) is 0 Å². The number of non-ortho nitro benzene ring substituents is 1. The van der Waals surface area contributed by atoms with Gasteiger partial charge in [-0.2, -0.15) is 0 Å². The van der Waals surface area contributed by atoms with Crippen LogP contribution in [0.5, 0.6) is 0 Å². The van der Waals surface area contributed by atoms with E-state index in [9.17, 15) is 29.9 Å². The Morgan fingerprint density at radius 3 is 2.10 bits per heavy atom. The fraction of sp³-hybridized carbons (Fsp3) is 0.447. The smallest absolute Gasteiger partial charge is 0.312 e. The van der Waals surface area contributed by atoms with Crippen LogP contribution in [0.3, 0.4) is 0 Å². The highest BCUT2D eigenvalue weighted by Gasteiger charge is 2.58. The van der Waals surface area contributed by atoms with Crippen molar-refractivity contribution in [1.29, 1.82) is 0 Å². The number of carboxylic acid groups (broad SMARTS) is 2. The van der Waals surface area contributed by atoms with Crippen LogP contribution in [0.4, 0.5) is 5.69 Å². The van der Waals surface area contributed by atoms with Gasteiger partial charge in [-0.25, -0.2) is 0 Å². The van der Waals surface area contributed by atoms with Crippen molar-refractivity contribution in [3.8, 4) is 0 Å². The van der Waals surface area contributed by atoms with Crippen LogP contribution in [0.25, 0.3) is 0 Å². The molecule has 0 amide bonds. The summed E-state index contributed by atoms with van der Waals surface area (Å²) in [5.41, 5.74) is 1.53. The maximum absolute atomic E-state index is 13.1. The molecule has 0 radical (unpaired) electrons. The largest absolute Gasteiger partial charge is 0.481 e. The van der Waals surface area contributed by atoms with Gasteiger partial charge in [-0.05, 0) is 75.7 Å². The number of carboxylic acids is 2. The van der Waals surface area contributed by atoms with Gasteiger partial charge in [-0.3, -0.25) is 24.7 Å². The number of hydrogen-bond acceptors (Lipinski definition) is 7. The highest BCUT2D eigenvalue weighted by molar-refractivity contribution is 6.03. The van der Waals surface area contributed by atoms with Crippen LogP contribution in [0.15, 0.2) is 89.9 Å². The number of benzene rings is 3. The van der Waals surface area contributed by atoms with E-state index in [4.69, 9.17) is 4.74 Å². The molecule has 0 spiro atoms. The lowest BCUT2D eigenvalue weighted by molar-refractivity contribution is -0.385. The lowest BCUT2D eigenvalue weighted by Gasteiger charge is -2.46. The molecule has 2 heterocycles. The van der Waals surface area contributed by atoms with Crippen LogP contribution < -0.4 is 0 Å². The van der Waals surface area contributed by atoms with Gasteiger partial charge in [0.2, 0.25) is 0 Å². The van der Waals surface area contributed by atoms with Crippen molar-refractivity contribution in [2.24, 2.45) is 16.3 Å². The average Bonchev–Trinajstić information content (AvgIpc) is 3.09. The topological polar surface area (TPSA) is 143 Å². The molecule has 5 rings (SSSR count). The molecule has 10 nitrogen and oxygen atoms in total. The number of aliphatic carboxylic acids is 2. The molecule has 2 N–H and O–H groups in total. The van der Waals surface area contributed by atoms with Crippen molar-refractivity contribution < 1.29 is 29.5 Å². The number of hydrogen-bond donors (Lipinski definition) is 2. The molecule has 0 saturated carbocycles. The van der Waals surface area contributed by atoms with Crippen LogP contribution in [0.2, 0.25) is 0 Å². The Kier molecular flexibility index (Phi) is 11.1. The molecular formula is C38H45N3O7. The van der Waals surface area contributed by atoms with Gasteiger partial charge in [-0.1, -0.05) is 72.8 Å². The van der Waals surface area contributed by atoms with E-state index in [1.165, 1.54) is 29.3 Å². The standard InChI is InChI=1S/C38H45N3O7/c1-27-33(35(42)43)34(29-12-9-17-32(26-29)41(46)47)38(36(44)45,28(2)39-27)18-10-24-48-25-11-21-40-22-19-37(20-23-40,30-13-5-3-6-14-30)31-15-7-4-8-16-31/h3-9,12-17,26,28,33-34H,10-11,18-25H2,1-2H3,(H,42,43)(H,44,45). The zero-order valence-electron chi connectivity index (χ0n) is 27.7. The summed E-state index contributed by atoms with van der Waals surface area (Å²) in [6.07, 6.45) is 3.39. The number of nitro groups is 1. The van der Waals surface area contributed by atoms with E-state index in [0.717, 1.165) is 38.9 Å². The van der Waals surface area contributed by atoms with Crippen molar-refractivity contribution in [1.82, 2.24) is 4.90 Å². The number of rotatable bonds is 14. The second-order valence-corrected chi connectivity index (χ2v) is 13.2. The Bertz CT molecular complexity index is 1560. The zero-order chi connectivity index (χ0) is 34.3. The number of nitro benzene ring substituents is 1. The van der Waals surface area contributed by atoms with E-state index in [-0.39, 0.29) is 17.5 Å². The Balaban J connectivity index is 1.18. The molecule has 3 aromatic carbocycles. The lowest BCUT2D eigenvalue weighted by Crippen LogP contribution is -2.54. The van der Waals surface area contributed by atoms with Gasteiger partial charge in [0.1, 0.15) is 5.92 Å². The predicted octanol–water partition coefficient (Wildman–Crippen LogP) is 6.58. The summed E-state index contributed by atoms with van der Waals surface area (Å²) >= 11 is 0. The summed E-state index contributed by atoms with van der Waals surface area (Å²) in [5.74, 6) is -4.64. The first-order valence-electron chi connectivity index (χ1n) is 16.8. The highest BCUT2D eigenvalue weighted by Crippen LogP contribution is 2.52. The van der Waals surface area contributed by atoms with Crippen LogP contribution in [-0.4, -0.2) is 76.6 Å². The van der Waals surface area contributed by atoms with Gasteiger partial charge in [0.05, 0.1) is 16.4 Å². The number of nitrogens with zero attached hydrogens (tertiary/aromatic N) is 3. The molecule has 1 saturated heterocycles. The minimum absolute atomic E-state index is 0.00334. The first-order valence-corrected chi connectivity index (χ1v) is 16.8. The Morgan fingerprint density at radius 1 is 0.938 bits per heavy atom. The summed E-state index contributed by atoms with van der Waals surface area (Å²) in [4.78, 5) is 43.6.